The molecule has 0 aliphatic heterocycles. The van der Waals surface area contributed by atoms with Crippen LogP contribution in [0.2, 0.25) is 0 Å². The van der Waals surface area contributed by atoms with Gasteiger partial charge in [-0.1, -0.05) is 35.8 Å². The molecular weight excluding hydrogens is 330 g/mol. The fourth-order valence-electron chi connectivity index (χ4n) is 2.40. The predicted molar refractivity (Wildman–Crippen MR) is 89.3 cm³/mol. The number of halogens is 1. The van der Waals surface area contributed by atoms with E-state index in [-0.39, 0.29) is 5.92 Å². The van der Waals surface area contributed by atoms with Crippen LogP contribution in [-0.4, -0.2) is 14.6 Å². The largest absolute Gasteiger partial charge is 0.382 e. The van der Waals surface area contributed by atoms with Crippen molar-refractivity contribution in [2.45, 2.75) is 19.8 Å². The minimum Gasteiger partial charge on any atom is -0.382 e. The third-order valence-corrected chi connectivity index (χ3v) is 4.15. The molecule has 0 atom stereocenters. The zero-order chi connectivity index (χ0) is 15.1. The van der Waals surface area contributed by atoms with Crippen LogP contribution in [0.15, 0.2) is 34.9 Å². The average Bonchev–Trinajstić information content (AvgIpc) is 2.77. The Morgan fingerprint density at radius 2 is 2.00 bits per heavy atom. The van der Waals surface area contributed by atoms with Crippen molar-refractivity contribution >= 4 is 32.7 Å². The lowest BCUT2D eigenvalue weighted by Gasteiger charge is -2.06. The van der Waals surface area contributed by atoms with E-state index in [0.717, 1.165) is 26.8 Å². The number of hydrogen-bond acceptors (Lipinski definition) is 4. The minimum absolute atomic E-state index is 0.195. The zero-order valence-electron chi connectivity index (χ0n) is 11.8. The van der Waals surface area contributed by atoms with Crippen molar-refractivity contribution < 1.29 is 0 Å². The maximum absolute atomic E-state index is 6.14. The number of imidazole rings is 1. The maximum atomic E-state index is 6.14. The lowest BCUT2D eigenvalue weighted by molar-refractivity contribution is 0.739. The van der Waals surface area contributed by atoms with Crippen LogP contribution in [0.1, 0.15) is 25.6 Å². The van der Waals surface area contributed by atoms with E-state index in [1.807, 2.05) is 38.1 Å². The molecule has 6 heteroatoms. The topological polar surface area (TPSA) is 82.8 Å². The molecule has 21 heavy (non-hydrogen) atoms. The first-order chi connectivity index (χ1) is 10.0. The van der Waals surface area contributed by atoms with Gasteiger partial charge in [-0.05, 0) is 18.2 Å². The van der Waals surface area contributed by atoms with E-state index in [0.29, 0.717) is 11.5 Å². The smallest absolute Gasteiger partial charge is 0.150 e. The van der Waals surface area contributed by atoms with Crippen LogP contribution in [0.3, 0.4) is 0 Å². The molecule has 0 spiro atoms. The van der Waals surface area contributed by atoms with Gasteiger partial charge in [-0.3, -0.25) is 4.98 Å². The molecule has 0 bridgehead atoms. The molecular formula is C15H16BrN5. The van der Waals surface area contributed by atoms with Crippen molar-refractivity contribution in [2.75, 3.05) is 11.6 Å². The SMILES string of the molecule is CC(C)c1nc(-c2ccc(Br)c3cccnc23)c(N)n1N. The van der Waals surface area contributed by atoms with Crippen LogP contribution in [0.5, 0.6) is 0 Å². The van der Waals surface area contributed by atoms with Crippen molar-refractivity contribution in [1.82, 2.24) is 14.6 Å². The first-order valence-electron chi connectivity index (χ1n) is 6.67. The van der Waals surface area contributed by atoms with Gasteiger partial charge in [0, 0.05) is 27.5 Å². The first-order valence-corrected chi connectivity index (χ1v) is 7.46. The van der Waals surface area contributed by atoms with Crippen molar-refractivity contribution in [3.05, 3.63) is 40.8 Å². The normalized spacial score (nSPS) is 11.4. The number of pyridine rings is 1. The van der Waals surface area contributed by atoms with Crippen LogP contribution in [-0.2, 0) is 0 Å². The van der Waals surface area contributed by atoms with Gasteiger partial charge >= 0.3 is 0 Å². The van der Waals surface area contributed by atoms with Gasteiger partial charge in [0.1, 0.15) is 11.5 Å². The monoisotopic (exact) mass is 345 g/mol. The third-order valence-electron chi connectivity index (χ3n) is 3.46. The predicted octanol–water partition coefficient (Wildman–Crippen LogP) is 3.28. The number of hydrogen-bond donors (Lipinski definition) is 2. The van der Waals surface area contributed by atoms with Gasteiger partial charge in [-0.25, -0.2) is 9.66 Å². The summed E-state index contributed by atoms with van der Waals surface area (Å²) in [6.07, 6.45) is 1.76. The standard InChI is InChI=1S/C15H16BrN5/c1-8(2)15-20-13(14(17)21(15)18)10-5-6-11(16)9-4-3-7-19-12(9)10/h3-8H,17-18H2,1-2H3. The molecule has 0 amide bonds. The highest BCUT2D eigenvalue weighted by Crippen LogP contribution is 2.34. The second-order valence-electron chi connectivity index (χ2n) is 5.22. The van der Waals surface area contributed by atoms with Gasteiger partial charge in [-0.15, -0.1) is 0 Å². The van der Waals surface area contributed by atoms with E-state index >= 15 is 0 Å². The summed E-state index contributed by atoms with van der Waals surface area (Å²) >= 11 is 3.54. The van der Waals surface area contributed by atoms with Crippen LogP contribution < -0.4 is 11.6 Å². The number of nitrogen functional groups attached to an aromatic ring is 2. The van der Waals surface area contributed by atoms with E-state index in [4.69, 9.17) is 11.6 Å². The zero-order valence-corrected chi connectivity index (χ0v) is 13.4. The molecule has 4 N–H and O–H groups in total. The average molecular weight is 346 g/mol. The molecule has 108 valence electrons. The summed E-state index contributed by atoms with van der Waals surface area (Å²) in [6, 6.07) is 7.85. The number of anilines is 1. The highest BCUT2D eigenvalue weighted by molar-refractivity contribution is 9.10. The Kier molecular flexibility index (Phi) is 3.33. The van der Waals surface area contributed by atoms with Crippen molar-refractivity contribution in [3.63, 3.8) is 0 Å². The van der Waals surface area contributed by atoms with Crippen LogP contribution >= 0.6 is 15.9 Å². The molecule has 0 unspecified atom stereocenters. The first kappa shape index (κ1) is 13.9. The summed E-state index contributed by atoms with van der Waals surface area (Å²) in [4.78, 5) is 9.08. The second kappa shape index (κ2) is 5.04. The third kappa shape index (κ3) is 2.15. The Morgan fingerprint density at radius 3 is 2.67 bits per heavy atom. The van der Waals surface area contributed by atoms with Gasteiger partial charge in [0.15, 0.2) is 5.82 Å². The summed E-state index contributed by atoms with van der Waals surface area (Å²) < 4.78 is 2.45. The fraction of sp³-hybridized carbons (Fsp3) is 0.200. The molecule has 1 aromatic carbocycles. The maximum Gasteiger partial charge on any atom is 0.150 e. The summed E-state index contributed by atoms with van der Waals surface area (Å²) in [7, 11) is 0. The molecule has 2 aromatic heterocycles. The number of benzene rings is 1. The van der Waals surface area contributed by atoms with Crippen molar-refractivity contribution in [1.29, 1.82) is 0 Å². The minimum atomic E-state index is 0.195. The second-order valence-corrected chi connectivity index (χ2v) is 6.08. The number of rotatable bonds is 2. The summed E-state index contributed by atoms with van der Waals surface area (Å²) in [5, 5.41) is 1.02. The Hall–Kier alpha value is -2.08. The number of fused-ring (bicyclic) bond motifs is 1. The Balaban J connectivity index is 2.32. The highest BCUT2D eigenvalue weighted by Gasteiger charge is 2.19. The number of nitrogens with zero attached hydrogens (tertiary/aromatic N) is 3. The van der Waals surface area contributed by atoms with Gasteiger partial charge in [0.25, 0.3) is 0 Å². The van der Waals surface area contributed by atoms with E-state index < -0.39 is 0 Å². The van der Waals surface area contributed by atoms with E-state index in [9.17, 15) is 0 Å². The molecule has 0 aliphatic carbocycles. The molecule has 5 nitrogen and oxygen atoms in total. The molecule has 3 rings (SSSR count). The highest BCUT2D eigenvalue weighted by atomic mass is 79.9. The van der Waals surface area contributed by atoms with Crippen LogP contribution in [0, 0.1) is 0 Å². The fourth-order valence-corrected chi connectivity index (χ4v) is 2.85. The Morgan fingerprint density at radius 1 is 1.24 bits per heavy atom. The Bertz CT molecular complexity index is 822. The molecule has 0 saturated carbocycles. The Labute approximate surface area is 131 Å². The quantitative estimate of drug-likeness (QED) is 0.698. The van der Waals surface area contributed by atoms with E-state index in [1.54, 1.807) is 6.20 Å². The van der Waals surface area contributed by atoms with Crippen molar-refractivity contribution in [2.24, 2.45) is 0 Å². The lowest BCUT2D eigenvalue weighted by atomic mass is 10.1. The molecule has 3 aromatic rings. The molecule has 2 heterocycles. The van der Waals surface area contributed by atoms with Crippen LogP contribution in [0.4, 0.5) is 5.82 Å². The van der Waals surface area contributed by atoms with Gasteiger partial charge in [0.05, 0.1) is 5.52 Å². The van der Waals surface area contributed by atoms with Gasteiger partial charge in [0.2, 0.25) is 0 Å². The summed E-state index contributed by atoms with van der Waals surface area (Å²) in [5.41, 5.74) is 8.56. The lowest BCUT2D eigenvalue weighted by Crippen LogP contribution is -2.16. The molecule has 0 fully saturated rings. The summed E-state index contributed by atoms with van der Waals surface area (Å²) in [5.74, 6) is 7.42. The van der Waals surface area contributed by atoms with E-state index in [1.165, 1.54) is 4.68 Å². The van der Waals surface area contributed by atoms with Crippen LogP contribution in [0.25, 0.3) is 22.2 Å². The van der Waals surface area contributed by atoms with E-state index in [2.05, 4.69) is 25.9 Å². The molecule has 0 saturated heterocycles. The molecule has 0 aliphatic rings. The van der Waals surface area contributed by atoms with Crippen molar-refractivity contribution in [3.8, 4) is 11.3 Å². The molecule has 0 radical (unpaired) electrons. The number of aromatic nitrogens is 3. The number of nitrogens with two attached hydrogens (primary N) is 2. The van der Waals surface area contributed by atoms with Gasteiger partial charge < -0.3 is 11.6 Å². The summed E-state index contributed by atoms with van der Waals surface area (Å²) in [6.45, 7) is 4.07. The van der Waals surface area contributed by atoms with Gasteiger partial charge in [-0.2, -0.15) is 0 Å².